The molecule has 0 heterocycles. The number of methoxy groups -OCH3 is 2. The van der Waals surface area contributed by atoms with Crippen molar-refractivity contribution in [3.05, 3.63) is 53.6 Å². The van der Waals surface area contributed by atoms with Crippen LogP contribution in [0.5, 0.6) is 11.5 Å². The molecule has 0 saturated heterocycles. The van der Waals surface area contributed by atoms with Gasteiger partial charge in [0.15, 0.2) is 11.5 Å². The van der Waals surface area contributed by atoms with Crippen LogP contribution in [0.1, 0.15) is 41.6 Å². The van der Waals surface area contributed by atoms with Crippen molar-refractivity contribution < 1.29 is 23.9 Å². The SMILES string of the molecule is COc1ccc(CNC(=O)NCCNC(=O)c2ccc(NC(=O)C3CCCC3)cc2)cc1OC. The van der Waals surface area contributed by atoms with Crippen LogP contribution in [0.3, 0.4) is 0 Å². The van der Waals surface area contributed by atoms with Gasteiger partial charge in [0.05, 0.1) is 14.2 Å². The lowest BCUT2D eigenvalue weighted by atomic mass is 10.1. The van der Waals surface area contributed by atoms with Crippen LogP contribution < -0.4 is 30.7 Å². The third kappa shape index (κ3) is 7.13. The number of benzene rings is 2. The summed E-state index contributed by atoms with van der Waals surface area (Å²) in [6.45, 7) is 0.879. The van der Waals surface area contributed by atoms with Gasteiger partial charge in [-0.25, -0.2) is 4.79 Å². The highest BCUT2D eigenvalue weighted by molar-refractivity contribution is 5.96. The van der Waals surface area contributed by atoms with Gasteiger partial charge in [-0.3, -0.25) is 9.59 Å². The van der Waals surface area contributed by atoms with Crippen molar-refractivity contribution >= 4 is 23.5 Å². The number of hydrogen-bond acceptors (Lipinski definition) is 5. The van der Waals surface area contributed by atoms with Gasteiger partial charge in [0.1, 0.15) is 0 Å². The zero-order valence-corrected chi connectivity index (χ0v) is 19.6. The van der Waals surface area contributed by atoms with Crippen LogP contribution in [-0.4, -0.2) is 45.2 Å². The highest BCUT2D eigenvalue weighted by atomic mass is 16.5. The Hall–Kier alpha value is -3.75. The Bertz CT molecular complexity index is 987. The zero-order valence-electron chi connectivity index (χ0n) is 19.6. The average Bonchev–Trinajstić information content (AvgIpc) is 3.41. The number of rotatable bonds is 10. The second-order valence-electron chi connectivity index (χ2n) is 8.10. The molecule has 0 bridgehead atoms. The summed E-state index contributed by atoms with van der Waals surface area (Å²) in [6.07, 6.45) is 4.08. The fraction of sp³-hybridized carbons (Fsp3) is 0.400. The largest absolute Gasteiger partial charge is 0.493 e. The van der Waals surface area contributed by atoms with E-state index in [0.29, 0.717) is 29.3 Å². The summed E-state index contributed by atoms with van der Waals surface area (Å²) in [5.74, 6) is 1.10. The molecule has 0 spiro atoms. The van der Waals surface area contributed by atoms with Crippen LogP contribution in [0, 0.1) is 5.92 Å². The van der Waals surface area contributed by atoms with E-state index in [2.05, 4.69) is 21.3 Å². The maximum atomic E-state index is 12.3. The van der Waals surface area contributed by atoms with E-state index in [-0.39, 0.29) is 36.9 Å². The van der Waals surface area contributed by atoms with E-state index < -0.39 is 0 Å². The van der Waals surface area contributed by atoms with E-state index in [1.54, 1.807) is 50.6 Å². The second-order valence-corrected chi connectivity index (χ2v) is 8.10. The molecule has 0 aromatic heterocycles. The second kappa shape index (κ2) is 12.5. The average molecular weight is 469 g/mol. The number of nitrogens with one attached hydrogen (secondary N) is 4. The van der Waals surface area contributed by atoms with Crippen molar-refractivity contribution in [3.63, 3.8) is 0 Å². The lowest BCUT2D eigenvalue weighted by Gasteiger charge is -2.12. The number of ether oxygens (including phenoxy) is 2. The molecule has 2 aromatic rings. The normalized spacial score (nSPS) is 13.1. The van der Waals surface area contributed by atoms with Crippen molar-refractivity contribution in [1.29, 1.82) is 0 Å². The molecular formula is C25H32N4O5. The molecule has 4 N–H and O–H groups in total. The molecule has 1 aliphatic carbocycles. The topological polar surface area (TPSA) is 118 Å². The first kappa shape index (κ1) is 24.9. The number of hydrogen-bond donors (Lipinski definition) is 4. The van der Waals surface area contributed by atoms with Gasteiger partial charge in [0, 0.05) is 36.8 Å². The third-order valence-corrected chi connectivity index (χ3v) is 5.74. The molecule has 9 nitrogen and oxygen atoms in total. The lowest BCUT2D eigenvalue weighted by Crippen LogP contribution is -2.40. The maximum Gasteiger partial charge on any atom is 0.315 e. The molecule has 2 aromatic carbocycles. The predicted octanol–water partition coefficient (Wildman–Crippen LogP) is 3.06. The maximum absolute atomic E-state index is 12.3. The van der Waals surface area contributed by atoms with E-state index in [1.807, 2.05) is 6.07 Å². The number of carbonyl (C=O) groups is 3. The molecule has 0 aliphatic heterocycles. The fourth-order valence-electron chi connectivity index (χ4n) is 3.83. The molecule has 0 unspecified atom stereocenters. The van der Waals surface area contributed by atoms with Crippen LogP contribution in [0.15, 0.2) is 42.5 Å². The fourth-order valence-corrected chi connectivity index (χ4v) is 3.83. The summed E-state index contributed by atoms with van der Waals surface area (Å²) in [4.78, 5) is 36.5. The molecule has 0 atom stereocenters. The molecule has 34 heavy (non-hydrogen) atoms. The minimum atomic E-state index is -0.341. The van der Waals surface area contributed by atoms with Gasteiger partial charge >= 0.3 is 6.03 Å². The van der Waals surface area contributed by atoms with Gasteiger partial charge in [-0.2, -0.15) is 0 Å². The highest BCUT2D eigenvalue weighted by Crippen LogP contribution is 2.27. The molecule has 4 amide bonds. The Morgan fingerprint density at radius 1 is 0.853 bits per heavy atom. The van der Waals surface area contributed by atoms with Gasteiger partial charge in [-0.05, 0) is 54.8 Å². The molecule has 1 aliphatic rings. The van der Waals surface area contributed by atoms with E-state index in [4.69, 9.17) is 9.47 Å². The number of anilines is 1. The van der Waals surface area contributed by atoms with Crippen LogP contribution in [0.4, 0.5) is 10.5 Å². The summed E-state index contributed by atoms with van der Waals surface area (Å²) in [5.41, 5.74) is 2.03. The highest BCUT2D eigenvalue weighted by Gasteiger charge is 2.22. The van der Waals surface area contributed by atoms with Gasteiger partial charge in [-0.15, -0.1) is 0 Å². The first-order chi connectivity index (χ1) is 16.5. The van der Waals surface area contributed by atoms with Crippen molar-refractivity contribution in [2.24, 2.45) is 5.92 Å². The summed E-state index contributed by atoms with van der Waals surface area (Å²) < 4.78 is 10.5. The predicted molar refractivity (Wildman–Crippen MR) is 129 cm³/mol. The zero-order chi connectivity index (χ0) is 24.3. The van der Waals surface area contributed by atoms with Gasteiger partial charge < -0.3 is 30.7 Å². The summed E-state index contributed by atoms with van der Waals surface area (Å²) >= 11 is 0. The number of urea groups is 1. The first-order valence-corrected chi connectivity index (χ1v) is 11.4. The minimum absolute atomic E-state index is 0.0465. The Morgan fingerprint density at radius 2 is 1.53 bits per heavy atom. The number of carbonyl (C=O) groups excluding carboxylic acids is 3. The van der Waals surface area contributed by atoms with Crippen LogP contribution in [0.2, 0.25) is 0 Å². The smallest absolute Gasteiger partial charge is 0.315 e. The van der Waals surface area contributed by atoms with Crippen molar-refractivity contribution in [3.8, 4) is 11.5 Å². The van der Waals surface area contributed by atoms with Gasteiger partial charge in [0.25, 0.3) is 5.91 Å². The molecule has 3 rings (SSSR count). The van der Waals surface area contributed by atoms with Gasteiger partial charge in [-0.1, -0.05) is 18.9 Å². The van der Waals surface area contributed by atoms with E-state index >= 15 is 0 Å². The summed E-state index contributed by atoms with van der Waals surface area (Å²) in [6, 6.07) is 11.9. The Balaban J connectivity index is 1.34. The van der Waals surface area contributed by atoms with Gasteiger partial charge in [0.2, 0.25) is 5.91 Å². The quantitative estimate of drug-likeness (QED) is 0.400. The lowest BCUT2D eigenvalue weighted by molar-refractivity contribution is -0.119. The molecule has 9 heteroatoms. The van der Waals surface area contributed by atoms with Crippen LogP contribution in [-0.2, 0) is 11.3 Å². The Morgan fingerprint density at radius 3 is 2.21 bits per heavy atom. The van der Waals surface area contributed by atoms with Crippen LogP contribution in [0.25, 0.3) is 0 Å². The molecule has 1 fully saturated rings. The standard InChI is InChI=1S/C25H32N4O5/c1-33-21-12-7-17(15-22(21)34-2)16-28-25(32)27-14-13-26-23(30)19-8-10-20(11-9-19)29-24(31)18-5-3-4-6-18/h7-12,15,18H,3-6,13-14,16H2,1-2H3,(H,26,30)(H,29,31)(H2,27,28,32). The first-order valence-electron chi connectivity index (χ1n) is 11.4. The Labute approximate surface area is 199 Å². The van der Waals surface area contributed by atoms with Crippen molar-refractivity contribution in [2.45, 2.75) is 32.2 Å². The minimum Gasteiger partial charge on any atom is -0.493 e. The van der Waals surface area contributed by atoms with Crippen LogP contribution >= 0.6 is 0 Å². The third-order valence-electron chi connectivity index (χ3n) is 5.74. The summed E-state index contributed by atoms with van der Waals surface area (Å²) in [7, 11) is 3.12. The molecule has 1 saturated carbocycles. The van der Waals surface area contributed by atoms with Crippen molar-refractivity contribution in [1.82, 2.24) is 16.0 Å². The molecular weight excluding hydrogens is 436 g/mol. The monoisotopic (exact) mass is 468 g/mol. The van der Waals surface area contributed by atoms with E-state index in [9.17, 15) is 14.4 Å². The molecule has 0 radical (unpaired) electrons. The Kier molecular flexibility index (Phi) is 9.13. The van der Waals surface area contributed by atoms with Crippen molar-refractivity contribution in [2.75, 3.05) is 32.6 Å². The van der Waals surface area contributed by atoms with E-state index in [1.165, 1.54) is 0 Å². The number of amides is 4. The van der Waals surface area contributed by atoms with E-state index in [0.717, 1.165) is 31.2 Å². The molecule has 182 valence electrons. The summed E-state index contributed by atoms with van der Waals surface area (Å²) in [5, 5.41) is 11.1.